The van der Waals surface area contributed by atoms with Gasteiger partial charge in [-0.1, -0.05) is 23.7 Å². The molecule has 1 heterocycles. The van der Waals surface area contributed by atoms with Crippen LogP contribution >= 0.6 is 23.4 Å². The van der Waals surface area contributed by atoms with Crippen LogP contribution in [0.15, 0.2) is 47.4 Å². The predicted molar refractivity (Wildman–Crippen MR) is 104 cm³/mol. The van der Waals surface area contributed by atoms with Crippen LogP contribution in [0.4, 0.5) is 10.1 Å². The van der Waals surface area contributed by atoms with Crippen LogP contribution in [0.3, 0.4) is 0 Å². The molecule has 0 aromatic heterocycles. The number of benzene rings is 2. The van der Waals surface area contributed by atoms with E-state index in [1.54, 1.807) is 24.3 Å². The molecule has 1 aliphatic heterocycles. The summed E-state index contributed by atoms with van der Waals surface area (Å²) in [5, 5.41) is 2.93. The van der Waals surface area contributed by atoms with Crippen LogP contribution in [0.5, 0.6) is 0 Å². The number of anilines is 1. The fraction of sp³-hybridized carbons (Fsp3) is 0.300. The summed E-state index contributed by atoms with van der Waals surface area (Å²) in [6.07, 6.45) is 2.08. The minimum absolute atomic E-state index is 0.0492. The number of hydrogen-bond donors (Lipinski definition) is 1. The zero-order chi connectivity index (χ0) is 19.0. The summed E-state index contributed by atoms with van der Waals surface area (Å²) in [4.78, 5) is 28.1. The van der Waals surface area contributed by atoms with Crippen LogP contribution in [-0.2, 0) is 16.1 Å². The Labute approximate surface area is 166 Å². The van der Waals surface area contributed by atoms with Crippen LogP contribution in [-0.4, -0.2) is 28.0 Å². The summed E-state index contributed by atoms with van der Waals surface area (Å²) >= 11 is 7.36. The molecule has 0 spiro atoms. The van der Waals surface area contributed by atoms with Gasteiger partial charge < -0.3 is 10.2 Å². The van der Waals surface area contributed by atoms with Gasteiger partial charge in [0.1, 0.15) is 5.82 Å². The molecule has 1 atom stereocenters. The van der Waals surface area contributed by atoms with E-state index in [2.05, 4.69) is 5.32 Å². The van der Waals surface area contributed by atoms with Crippen molar-refractivity contribution in [2.45, 2.75) is 42.0 Å². The Balaban J connectivity index is 1.45. The van der Waals surface area contributed by atoms with Crippen LogP contribution in [0.2, 0.25) is 5.02 Å². The van der Waals surface area contributed by atoms with Crippen molar-refractivity contribution in [3.63, 3.8) is 0 Å². The minimum Gasteiger partial charge on any atom is -0.335 e. The molecule has 1 unspecified atom stereocenters. The number of nitrogens with zero attached hydrogens (tertiary/aromatic N) is 1. The highest BCUT2D eigenvalue weighted by Gasteiger charge is 2.36. The first kappa shape index (κ1) is 18.3. The largest absolute Gasteiger partial charge is 0.335 e. The summed E-state index contributed by atoms with van der Waals surface area (Å²) in [7, 11) is 0. The van der Waals surface area contributed by atoms with Gasteiger partial charge in [-0.2, -0.15) is 0 Å². The van der Waals surface area contributed by atoms with Gasteiger partial charge in [0, 0.05) is 28.9 Å². The van der Waals surface area contributed by atoms with E-state index in [4.69, 9.17) is 11.6 Å². The molecule has 1 aliphatic carbocycles. The van der Waals surface area contributed by atoms with Gasteiger partial charge in [0.15, 0.2) is 0 Å². The molecule has 140 valence electrons. The molecule has 1 saturated carbocycles. The summed E-state index contributed by atoms with van der Waals surface area (Å²) in [6, 6.07) is 11.7. The van der Waals surface area contributed by atoms with Crippen molar-refractivity contribution in [3.8, 4) is 0 Å². The Bertz CT molecular complexity index is 886. The quantitative estimate of drug-likeness (QED) is 0.799. The summed E-state index contributed by atoms with van der Waals surface area (Å²) < 4.78 is 13.1. The molecule has 0 saturated heterocycles. The maximum absolute atomic E-state index is 13.1. The Kier molecular flexibility index (Phi) is 5.10. The molecule has 0 bridgehead atoms. The zero-order valence-corrected chi connectivity index (χ0v) is 16.0. The van der Waals surface area contributed by atoms with Crippen LogP contribution in [0, 0.1) is 5.82 Å². The van der Waals surface area contributed by atoms with Gasteiger partial charge in [0.05, 0.1) is 10.9 Å². The number of thioether (sulfide) groups is 1. The average molecular weight is 405 g/mol. The number of carbonyl (C=O) groups excluding carboxylic acids is 2. The topological polar surface area (TPSA) is 49.4 Å². The van der Waals surface area contributed by atoms with E-state index in [0.29, 0.717) is 17.3 Å². The molecule has 1 fully saturated rings. The van der Waals surface area contributed by atoms with Crippen molar-refractivity contribution in [2.75, 3.05) is 5.32 Å². The molecule has 0 radical (unpaired) electrons. The maximum atomic E-state index is 13.1. The Hall–Kier alpha value is -2.05. The maximum Gasteiger partial charge on any atom is 0.238 e. The molecular formula is C20H18ClFN2O2S. The van der Waals surface area contributed by atoms with Crippen molar-refractivity contribution >= 4 is 40.9 Å². The molecule has 1 N–H and O–H groups in total. The zero-order valence-electron chi connectivity index (χ0n) is 14.5. The SMILES string of the molecule is O=C1Nc2cc(Cl)ccc2SC1CC(=O)N(Cc1ccc(F)cc1)C1CC1. The molecular weight excluding hydrogens is 387 g/mol. The van der Waals surface area contributed by atoms with E-state index in [9.17, 15) is 14.0 Å². The Morgan fingerprint density at radius 3 is 2.67 bits per heavy atom. The monoisotopic (exact) mass is 404 g/mol. The summed E-state index contributed by atoms with van der Waals surface area (Å²) in [6.45, 7) is 0.439. The third-order valence-corrected chi connectivity index (χ3v) is 6.21. The van der Waals surface area contributed by atoms with E-state index in [0.717, 1.165) is 23.3 Å². The molecule has 2 amide bonds. The van der Waals surface area contributed by atoms with Gasteiger partial charge in [-0.05, 0) is 48.7 Å². The van der Waals surface area contributed by atoms with Crippen LogP contribution in [0.1, 0.15) is 24.8 Å². The number of nitrogens with one attached hydrogen (secondary N) is 1. The fourth-order valence-corrected chi connectivity index (χ4v) is 4.38. The highest BCUT2D eigenvalue weighted by molar-refractivity contribution is 8.01. The number of carbonyl (C=O) groups is 2. The van der Waals surface area contributed by atoms with Crippen molar-refractivity contribution < 1.29 is 14.0 Å². The molecule has 2 aromatic carbocycles. The van der Waals surface area contributed by atoms with Crippen molar-refractivity contribution in [1.82, 2.24) is 4.90 Å². The first-order valence-electron chi connectivity index (χ1n) is 8.80. The lowest BCUT2D eigenvalue weighted by molar-refractivity contribution is -0.133. The third-order valence-electron chi connectivity index (χ3n) is 4.70. The average Bonchev–Trinajstić information content (AvgIpc) is 3.47. The third kappa shape index (κ3) is 4.28. The predicted octanol–water partition coefficient (Wildman–Crippen LogP) is 4.47. The molecule has 4 rings (SSSR count). The van der Waals surface area contributed by atoms with E-state index in [1.165, 1.54) is 23.9 Å². The fourth-order valence-electron chi connectivity index (χ4n) is 3.13. The standard InChI is InChI=1S/C20H18ClFN2O2S/c21-13-3-8-17-16(9-13)23-20(26)18(27-17)10-19(25)24(15-6-7-15)11-12-1-4-14(22)5-2-12/h1-5,8-9,15,18H,6-7,10-11H2,(H,23,26). The number of rotatable bonds is 5. The minimum atomic E-state index is -0.472. The number of hydrogen-bond acceptors (Lipinski definition) is 3. The van der Waals surface area contributed by atoms with Gasteiger partial charge >= 0.3 is 0 Å². The second kappa shape index (κ2) is 7.52. The van der Waals surface area contributed by atoms with Crippen LogP contribution in [0.25, 0.3) is 0 Å². The normalized spacial score (nSPS) is 18.6. The first-order chi connectivity index (χ1) is 13.0. The van der Waals surface area contributed by atoms with Gasteiger partial charge in [0.2, 0.25) is 11.8 Å². The second-order valence-electron chi connectivity index (χ2n) is 6.82. The Morgan fingerprint density at radius 2 is 1.96 bits per heavy atom. The van der Waals surface area contributed by atoms with E-state index in [1.807, 2.05) is 11.0 Å². The lowest BCUT2D eigenvalue weighted by atomic mass is 10.1. The Morgan fingerprint density at radius 1 is 1.22 bits per heavy atom. The second-order valence-corrected chi connectivity index (χ2v) is 8.50. The van der Waals surface area contributed by atoms with E-state index in [-0.39, 0.29) is 30.1 Å². The molecule has 2 aromatic rings. The molecule has 27 heavy (non-hydrogen) atoms. The summed E-state index contributed by atoms with van der Waals surface area (Å²) in [5.41, 5.74) is 1.57. The molecule has 2 aliphatic rings. The lowest BCUT2D eigenvalue weighted by Gasteiger charge is -2.27. The van der Waals surface area contributed by atoms with Gasteiger partial charge in [-0.3, -0.25) is 9.59 Å². The lowest BCUT2D eigenvalue weighted by Crippen LogP contribution is -2.38. The van der Waals surface area contributed by atoms with Gasteiger partial charge in [-0.25, -0.2) is 4.39 Å². The number of amides is 2. The number of halogens is 2. The van der Waals surface area contributed by atoms with E-state index < -0.39 is 5.25 Å². The van der Waals surface area contributed by atoms with Gasteiger partial charge in [-0.15, -0.1) is 11.8 Å². The van der Waals surface area contributed by atoms with Gasteiger partial charge in [0.25, 0.3) is 0 Å². The number of fused-ring (bicyclic) bond motifs is 1. The molecule has 4 nitrogen and oxygen atoms in total. The molecule has 7 heteroatoms. The van der Waals surface area contributed by atoms with Crippen molar-refractivity contribution in [1.29, 1.82) is 0 Å². The highest BCUT2D eigenvalue weighted by atomic mass is 35.5. The van der Waals surface area contributed by atoms with Crippen molar-refractivity contribution in [2.24, 2.45) is 0 Å². The van der Waals surface area contributed by atoms with Crippen LogP contribution < -0.4 is 5.32 Å². The van der Waals surface area contributed by atoms with Crippen molar-refractivity contribution in [3.05, 3.63) is 58.9 Å². The first-order valence-corrected chi connectivity index (χ1v) is 10.1. The smallest absolute Gasteiger partial charge is 0.238 e. The van der Waals surface area contributed by atoms with E-state index >= 15 is 0 Å². The summed E-state index contributed by atoms with van der Waals surface area (Å²) in [5.74, 6) is -0.523. The highest BCUT2D eigenvalue weighted by Crippen LogP contribution is 2.39.